The van der Waals surface area contributed by atoms with Crippen molar-refractivity contribution in [2.75, 3.05) is 0 Å². The number of halogens is 1. The van der Waals surface area contributed by atoms with Gasteiger partial charge in [-0.3, -0.25) is 4.68 Å². The molecule has 1 atom stereocenters. The van der Waals surface area contributed by atoms with Gasteiger partial charge in [0.15, 0.2) is 0 Å². The molecule has 3 aromatic rings. The monoisotopic (exact) mass is 309 g/mol. The number of aromatic nitrogens is 2. The summed E-state index contributed by atoms with van der Waals surface area (Å²) in [5.74, 6) is -0.218. The fraction of sp³-hybridized carbons (Fsp3) is 0.211. The maximum atomic E-state index is 13.6. The third kappa shape index (κ3) is 3.85. The number of nitrogens with zero attached hydrogens (tertiary/aromatic N) is 2. The average Bonchev–Trinajstić information content (AvgIpc) is 3.04. The minimum Gasteiger partial charge on any atom is -0.302 e. The lowest BCUT2D eigenvalue weighted by Crippen LogP contribution is -2.22. The number of aryl methyl sites for hydroxylation is 1. The van der Waals surface area contributed by atoms with Crippen LogP contribution in [0.2, 0.25) is 0 Å². The Morgan fingerprint density at radius 1 is 1.09 bits per heavy atom. The molecule has 0 unspecified atom stereocenters. The molecule has 118 valence electrons. The van der Waals surface area contributed by atoms with E-state index in [1.807, 2.05) is 41.3 Å². The van der Waals surface area contributed by atoms with E-state index in [4.69, 9.17) is 0 Å². The Hall–Kier alpha value is -2.46. The van der Waals surface area contributed by atoms with E-state index in [2.05, 4.69) is 29.5 Å². The zero-order valence-corrected chi connectivity index (χ0v) is 13.1. The van der Waals surface area contributed by atoms with Gasteiger partial charge in [-0.2, -0.15) is 5.10 Å². The van der Waals surface area contributed by atoms with Crippen LogP contribution < -0.4 is 5.32 Å². The predicted octanol–water partition coefficient (Wildman–Crippen LogP) is 3.92. The SMILES string of the molecule is CCn1cc(CN[C@@H](c2ccccc2)c2cccc(F)c2)cn1. The normalized spacial score (nSPS) is 12.3. The largest absolute Gasteiger partial charge is 0.302 e. The maximum absolute atomic E-state index is 13.6. The third-order valence-electron chi connectivity index (χ3n) is 3.84. The van der Waals surface area contributed by atoms with E-state index in [9.17, 15) is 4.39 Å². The van der Waals surface area contributed by atoms with Gasteiger partial charge in [-0.05, 0) is 30.2 Å². The Kier molecular flexibility index (Phi) is 4.83. The molecule has 3 rings (SSSR count). The first-order chi connectivity index (χ1) is 11.3. The molecule has 0 spiro atoms. The summed E-state index contributed by atoms with van der Waals surface area (Å²) >= 11 is 0. The van der Waals surface area contributed by atoms with Crippen LogP contribution >= 0.6 is 0 Å². The summed E-state index contributed by atoms with van der Waals surface area (Å²) in [4.78, 5) is 0. The summed E-state index contributed by atoms with van der Waals surface area (Å²) in [7, 11) is 0. The van der Waals surface area contributed by atoms with Crippen molar-refractivity contribution in [2.45, 2.75) is 26.1 Å². The van der Waals surface area contributed by atoms with E-state index in [1.165, 1.54) is 6.07 Å². The van der Waals surface area contributed by atoms with Crippen LogP contribution in [0.5, 0.6) is 0 Å². The highest BCUT2D eigenvalue weighted by atomic mass is 19.1. The molecule has 0 aliphatic heterocycles. The Morgan fingerprint density at radius 2 is 1.87 bits per heavy atom. The molecule has 2 aromatic carbocycles. The second kappa shape index (κ2) is 7.20. The van der Waals surface area contributed by atoms with Crippen molar-refractivity contribution in [3.63, 3.8) is 0 Å². The van der Waals surface area contributed by atoms with Crippen molar-refractivity contribution in [3.05, 3.63) is 89.5 Å². The molecular weight excluding hydrogens is 289 g/mol. The highest BCUT2D eigenvalue weighted by Crippen LogP contribution is 2.23. The van der Waals surface area contributed by atoms with Crippen LogP contribution in [0.15, 0.2) is 67.0 Å². The van der Waals surface area contributed by atoms with Crippen LogP contribution in [-0.4, -0.2) is 9.78 Å². The Balaban J connectivity index is 1.83. The van der Waals surface area contributed by atoms with E-state index >= 15 is 0 Å². The van der Waals surface area contributed by atoms with E-state index < -0.39 is 0 Å². The minimum atomic E-state index is -0.218. The van der Waals surface area contributed by atoms with Gasteiger partial charge in [0.05, 0.1) is 12.2 Å². The van der Waals surface area contributed by atoms with Crippen LogP contribution in [0.25, 0.3) is 0 Å². The van der Waals surface area contributed by atoms with Crippen LogP contribution in [0.1, 0.15) is 29.7 Å². The third-order valence-corrected chi connectivity index (χ3v) is 3.84. The topological polar surface area (TPSA) is 29.9 Å². The molecule has 0 aliphatic rings. The van der Waals surface area contributed by atoms with E-state index in [0.717, 1.165) is 23.2 Å². The number of rotatable bonds is 6. The van der Waals surface area contributed by atoms with Crippen molar-refractivity contribution in [3.8, 4) is 0 Å². The van der Waals surface area contributed by atoms with Gasteiger partial charge in [-0.25, -0.2) is 4.39 Å². The number of hydrogen-bond acceptors (Lipinski definition) is 2. The first-order valence-electron chi connectivity index (χ1n) is 7.81. The summed E-state index contributed by atoms with van der Waals surface area (Å²) in [6.45, 7) is 3.59. The highest BCUT2D eigenvalue weighted by molar-refractivity contribution is 5.32. The predicted molar refractivity (Wildman–Crippen MR) is 89.4 cm³/mol. The van der Waals surface area contributed by atoms with Gasteiger partial charge >= 0.3 is 0 Å². The van der Waals surface area contributed by atoms with Crippen molar-refractivity contribution < 1.29 is 4.39 Å². The van der Waals surface area contributed by atoms with Crippen LogP contribution in [0.3, 0.4) is 0 Å². The first-order valence-corrected chi connectivity index (χ1v) is 7.81. The molecule has 0 bridgehead atoms. The second-order valence-electron chi connectivity index (χ2n) is 5.48. The van der Waals surface area contributed by atoms with Crippen LogP contribution in [0.4, 0.5) is 4.39 Å². The number of hydrogen-bond donors (Lipinski definition) is 1. The van der Waals surface area contributed by atoms with Crippen molar-refractivity contribution in [1.82, 2.24) is 15.1 Å². The molecule has 0 aliphatic carbocycles. The molecule has 0 saturated carbocycles. The molecule has 0 amide bonds. The quantitative estimate of drug-likeness (QED) is 0.748. The Morgan fingerprint density at radius 3 is 2.57 bits per heavy atom. The standard InChI is InChI=1S/C19H20FN3/c1-2-23-14-15(13-22-23)12-21-19(16-7-4-3-5-8-16)17-9-6-10-18(20)11-17/h3-11,13-14,19,21H,2,12H2,1H3/t19-/m0/s1. The molecule has 1 heterocycles. The van der Waals surface area contributed by atoms with Crippen molar-refractivity contribution >= 4 is 0 Å². The maximum Gasteiger partial charge on any atom is 0.123 e. The Labute approximate surface area is 135 Å². The molecule has 4 heteroatoms. The number of nitrogens with one attached hydrogen (secondary N) is 1. The van der Waals surface area contributed by atoms with Gasteiger partial charge in [0, 0.05) is 24.8 Å². The molecule has 0 saturated heterocycles. The van der Waals surface area contributed by atoms with Gasteiger partial charge in [0.1, 0.15) is 5.82 Å². The van der Waals surface area contributed by atoms with E-state index in [1.54, 1.807) is 12.1 Å². The average molecular weight is 309 g/mol. The fourth-order valence-electron chi connectivity index (χ4n) is 2.65. The van der Waals surface area contributed by atoms with Crippen LogP contribution in [0, 0.1) is 5.82 Å². The van der Waals surface area contributed by atoms with Crippen LogP contribution in [-0.2, 0) is 13.1 Å². The van der Waals surface area contributed by atoms with E-state index in [-0.39, 0.29) is 11.9 Å². The molecule has 1 aromatic heterocycles. The van der Waals surface area contributed by atoms with Gasteiger partial charge in [0.2, 0.25) is 0 Å². The van der Waals surface area contributed by atoms with Gasteiger partial charge in [-0.15, -0.1) is 0 Å². The molecule has 23 heavy (non-hydrogen) atoms. The lowest BCUT2D eigenvalue weighted by molar-refractivity contribution is 0.588. The first kappa shape index (κ1) is 15.4. The van der Waals surface area contributed by atoms with Gasteiger partial charge < -0.3 is 5.32 Å². The summed E-state index contributed by atoms with van der Waals surface area (Å²) in [6, 6.07) is 16.8. The smallest absolute Gasteiger partial charge is 0.123 e. The molecule has 0 radical (unpaired) electrons. The van der Waals surface area contributed by atoms with Gasteiger partial charge in [-0.1, -0.05) is 42.5 Å². The zero-order valence-electron chi connectivity index (χ0n) is 13.1. The van der Waals surface area contributed by atoms with Gasteiger partial charge in [0.25, 0.3) is 0 Å². The second-order valence-corrected chi connectivity index (χ2v) is 5.48. The zero-order chi connectivity index (χ0) is 16.1. The highest BCUT2D eigenvalue weighted by Gasteiger charge is 2.14. The number of benzene rings is 2. The Bertz CT molecular complexity index is 752. The molecular formula is C19H20FN3. The van der Waals surface area contributed by atoms with Crippen molar-refractivity contribution in [2.24, 2.45) is 0 Å². The molecule has 0 fully saturated rings. The van der Waals surface area contributed by atoms with Crippen molar-refractivity contribution in [1.29, 1.82) is 0 Å². The minimum absolute atomic E-state index is 0.0584. The summed E-state index contributed by atoms with van der Waals surface area (Å²) < 4.78 is 15.5. The summed E-state index contributed by atoms with van der Waals surface area (Å²) in [6.07, 6.45) is 3.89. The summed E-state index contributed by atoms with van der Waals surface area (Å²) in [5.41, 5.74) is 3.14. The van der Waals surface area contributed by atoms with E-state index in [0.29, 0.717) is 6.54 Å². The molecule has 3 nitrogen and oxygen atoms in total. The summed E-state index contributed by atoms with van der Waals surface area (Å²) in [5, 5.41) is 7.80. The lowest BCUT2D eigenvalue weighted by Gasteiger charge is -2.19. The lowest BCUT2D eigenvalue weighted by atomic mass is 9.98. The fourth-order valence-corrected chi connectivity index (χ4v) is 2.65. The molecule has 1 N–H and O–H groups in total.